The van der Waals surface area contributed by atoms with E-state index in [1.54, 1.807) is 0 Å². The Kier molecular flexibility index (Phi) is 3.29. The van der Waals surface area contributed by atoms with E-state index in [1.807, 2.05) is 0 Å². The first-order valence-corrected chi connectivity index (χ1v) is 6.06. The molecule has 2 aliphatic rings. The molecule has 2 saturated carbocycles. The quantitative estimate of drug-likeness (QED) is 0.736. The summed E-state index contributed by atoms with van der Waals surface area (Å²) in [7, 11) is 0. The van der Waals surface area contributed by atoms with E-state index in [9.17, 15) is 4.79 Å². The van der Waals surface area contributed by atoms with Crippen molar-refractivity contribution in [3.05, 3.63) is 0 Å². The topological polar surface area (TPSA) is 46.5 Å². The van der Waals surface area contributed by atoms with E-state index >= 15 is 0 Å². The van der Waals surface area contributed by atoms with Crippen LogP contribution in [0.4, 0.5) is 0 Å². The molecule has 3 heteroatoms. The van der Waals surface area contributed by atoms with Crippen molar-refractivity contribution in [1.29, 1.82) is 0 Å². The van der Waals surface area contributed by atoms with Gasteiger partial charge in [-0.2, -0.15) is 0 Å². The summed E-state index contributed by atoms with van der Waals surface area (Å²) < 4.78 is 5.80. The van der Waals surface area contributed by atoms with Gasteiger partial charge in [-0.25, -0.2) is 0 Å². The van der Waals surface area contributed by atoms with Crippen LogP contribution in [0.1, 0.15) is 51.4 Å². The number of hydrogen-bond acceptors (Lipinski definition) is 2. The first-order chi connectivity index (χ1) is 7.20. The molecule has 0 aromatic rings. The Hall–Kier alpha value is -0.570. The summed E-state index contributed by atoms with van der Waals surface area (Å²) in [6, 6.07) is 0. The lowest BCUT2D eigenvalue weighted by atomic mass is 9.77. The average molecular weight is 212 g/mol. The molecule has 0 spiro atoms. The maximum atomic E-state index is 10.7. The summed E-state index contributed by atoms with van der Waals surface area (Å²) in [6.45, 7) is 0.762. The summed E-state index contributed by atoms with van der Waals surface area (Å²) in [4.78, 5) is 10.7. The van der Waals surface area contributed by atoms with Gasteiger partial charge >= 0.3 is 5.97 Å². The third-order valence-corrected chi connectivity index (χ3v) is 3.90. The van der Waals surface area contributed by atoms with Crippen molar-refractivity contribution < 1.29 is 14.6 Å². The van der Waals surface area contributed by atoms with Crippen LogP contribution in [0, 0.1) is 5.92 Å². The zero-order valence-corrected chi connectivity index (χ0v) is 9.21. The van der Waals surface area contributed by atoms with Gasteiger partial charge < -0.3 is 9.84 Å². The summed E-state index contributed by atoms with van der Waals surface area (Å²) in [6.07, 6.45) is 8.36. The van der Waals surface area contributed by atoms with Crippen molar-refractivity contribution in [2.75, 3.05) is 6.61 Å². The van der Waals surface area contributed by atoms with Crippen LogP contribution in [0.15, 0.2) is 0 Å². The Morgan fingerprint density at radius 1 is 1.33 bits per heavy atom. The van der Waals surface area contributed by atoms with Gasteiger partial charge in [0.1, 0.15) is 0 Å². The van der Waals surface area contributed by atoms with Crippen LogP contribution in [-0.2, 0) is 9.53 Å². The monoisotopic (exact) mass is 212 g/mol. The molecule has 0 amide bonds. The molecule has 0 aliphatic heterocycles. The lowest BCUT2D eigenvalue weighted by Gasteiger charge is -2.41. The predicted molar refractivity (Wildman–Crippen MR) is 56.7 cm³/mol. The molecule has 0 heterocycles. The zero-order chi connectivity index (χ0) is 10.7. The van der Waals surface area contributed by atoms with Crippen molar-refractivity contribution in [3.63, 3.8) is 0 Å². The molecule has 2 aliphatic carbocycles. The van der Waals surface area contributed by atoms with Gasteiger partial charge in [0, 0.05) is 6.61 Å². The van der Waals surface area contributed by atoms with E-state index in [2.05, 4.69) is 0 Å². The SMILES string of the molecule is O=C(O)CC1(OCCC2CCC2)CCC1. The third kappa shape index (κ3) is 2.71. The van der Waals surface area contributed by atoms with Crippen LogP contribution in [0.5, 0.6) is 0 Å². The molecule has 0 bridgehead atoms. The number of hydrogen-bond donors (Lipinski definition) is 1. The average Bonchev–Trinajstić information content (AvgIpc) is 2.03. The Balaban J connectivity index is 1.67. The minimum absolute atomic E-state index is 0.192. The first-order valence-electron chi connectivity index (χ1n) is 6.06. The summed E-state index contributed by atoms with van der Waals surface area (Å²) >= 11 is 0. The fourth-order valence-corrected chi connectivity index (χ4v) is 2.44. The van der Waals surface area contributed by atoms with E-state index < -0.39 is 5.97 Å². The standard InChI is InChI=1S/C12H20O3/c13-11(14)9-12(6-2-7-12)15-8-5-10-3-1-4-10/h10H,1-9H2,(H,13,14). The van der Waals surface area contributed by atoms with E-state index in [4.69, 9.17) is 9.84 Å². The molecule has 2 rings (SSSR count). The molecule has 0 radical (unpaired) electrons. The highest BCUT2D eigenvalue weighted by Crippen LogP contribution is 2.39. The van der Waals surface area contributed by atoms with Crippen LogP contribution in [-0.4, -0.2) is 23.3 Å². The molecular formula is C12H20O3. The van der Waals surface area contributed by atoms with Crippen LogP contribution in [0.2, 0.25) is 0 Å². The predicted octanol–water partition coefficient (Wildman–Crippen LogP) is 2.59. The smallest absolute Gasteiger partial charge is 0.306 e. The molecule has 1 N–H and O–H groups in total. The van der Waals surface area contributed by atoms with Crippen LogP contribution >= 0.6 is 0 Å². The molecule has 15 heavy (non-hydrogen) atoms. The van der Waals surface area contributed by atoms with E-state index in [0.29, 0.717) is 0 Å². The molecule has 0 unspecified atom stereocenters. The number of ether oxygens (including phenoxy) is 1. The van der Waals surface area contributed by atoms with Crippen molar-refractivity contribution in [2.24, 2.45) is 5.92 Å². The maximum absolute atomic E-state index is 10.7. The fourth-order valence-electron chi connectivity index (χ4n) is 2.44. The number of carboxylic acid groups (broad SMARTS) is 1. The first kappa shape index (κ1) is 10.9. The van der Waals surface area contributed by atoms with Crippen molar-refractivity contribution in [1.82, 2.24) is 0 Å². The molecule has 0 aromatic carbocycles. The fraction of sp³-hybridized carbons (Fsp3) is 0.917. The van der Waals surface area contributed by atoms with Gasteiger partial charge in [0.25, 0.3) is 0 Å². The number of rotatable bonds is 6. The zero-order valence-electron chi connectivity index (χ0n) is 9.21. The number of carbonyl (C=O) groups is 1. The van der Waals surface area contributed by atoms with Crippen LogP contribution < -0.4 is 0 Å². The van der Waals surface area contributed by atoms with Crippen LogP contribution in [0.25, 0.3) is 0 Å². The molecule has 0 saturated heterocycles. The second kappa shape index (κ2) is 4.52. The summed E-state index contributed by atoms with van der Waals surface area (Å²) in [5.41, 5.74) is -0.296. The largest absolute Gasteiger partial charge is 0.481 e. The minimum atomic E-state index is -0.724. The van der Waals surface area contributed by atoms with Crippen molar-refractivity contribution >= 4 is 5.97 Å². The second-order valence-electron chi connectivity index (χ2n) is 5.04. The highest BCUT2D eigenvalue weighted by molar-refractivity contribution is 5.68. The van der Waals surface area contributed by atoms with E-state index in [-0.39, 0.29) is 12.0 Å². The van der Waals surface area contributed by atoms with Gasteiger partial charge in [0.15, 0.2) is 0 Å². The normalized spacial score (nSPS) is 24.3. The Labute approximate surface area is 90.8 Å². The van der Waals surface area contributed by atoms with Gasteiger partial charge in [-0.1, -0.05) is 19.3 Å². The summed E-state index contributed by atoms with van der Waals surface area (Å²) in [5, 5.41) is 8.80. The molecule has 2 fully saturated rings. The Bertz CT molecular complexity index is 229. The van der Waals surface area contributed by atoms with Crippen LogP contribution in [0.3, 0.4) is 0 Å². The van der Waals surface area contributed by atoms with Gasteiger partial charge in [-0.3, -0.25) is 4.79 Å². The lowest BCUT2D eigenvalue weighted by molar-refractivity contribution is -0.155. The van der Waals surface area contributed by atoms with Gasteiger partial charge in [0.05, 0.1) is 12.0 Å². The van der Waals surface area contributed by atoms with E-state index in [0.717, 1.165) is 38.2 Å². The van der Waals surface area contributed by atoms with Crippen molar-refractivity contribution in [3.8, 4) is 0 Å². The highest BCUT2D eigenvalue weighted by Gasteiger charge is 2.40. The molecule has 86 valence electrons. The summed E-state index contributed by atoms with van der Waals surface area (Å²) in [5.74, 6) is 0.130. The number of aliphatic carboxylic acids is 1. The minimum Gasteiger partial charge on any atom is -0.481 e. The Morgan fingerprint density at radius 2 is 2.07 bits per heavy atom. The number of carboxylic acids is 1. The highest BCUT2D eigenvalue weighted by atomic mass is 16.5. The van der Waals surface area contributed by atoms with Crippen molar-refractivity contribution in [2.45, 2.75) is 57.0 Å². The second-order valence-corrected chi connectivity index (χ2v) is 5.04. The molecule has 0 atom stereocenters. The molecule has 0 aromatic heterocycles. The maximum Gasteiger partial charge on any atom is 0.306 e. The van der Waals surface area contributed by atoms with Gasteiger partial charge in [-0.15, -0.1) is 0 Å². The third-order valence-electron chi connectivity index (χ3n) is 3.90. The van der Waals surface area contributed by atoms with Gasteiger partial charge in [-0.05, 0) is 31.6 Å². The van der Waals surface area contributed by atoms with E-state index in [1.165, 1.54) is 19.3 Å². The van der Waals surface area contributed by atoms with Gasteiger partial charge in [0.2, 0.25) is 0 Å². The molecule has 3 nitrogen and oxygen atoms in total. The molecular weight excluding hydrogens is 192 g/mol. The Morgan fingerprint density at radius 3 is 2.47 bits per heavy atom. The lowest BCUT2D eigenvalue weighted by Crippen LogP contribution is -2.42.